The van der Waals surface area contributed by atoms with E-state index in [1.807, 2.05) is 0 Å². The number of fused-ring (bicyclic) bond motifs is 9. The lowest BCUT2D eigenvalue weighted by Crippen LogP contribution is -2.74. The molecular formula is C55H38N2OSi. The van der Waals surface area contributed by atoms with Gasteiger partial charge < -0.3 is 13.6 Å². The fourth-order valence-electron chi connectivity index (χ4n) is 9.96. The summed E-state index contributed by atoms with van der Waals surface area (Å²) >= 11 is 0. The molecule has 0 fully saturated rings. The Bertz CT molecular complexity index is 3520. The van der Waals surface area contributed by atoms with E-state index in [9.17, 15) is 0 Å². The number of aromatic nitrogens is 2. The summed E-state index contributed by atoms with van der Waals surface area (Å²) in [5.74, 6) is 0. The van der Waals surface area contributed by atoms with Gasteiger partial charge in [-0.05, 0) is 82.3 Å². The Morgan fingerprint density at radius 3 is 1.56 bits per heavy atom. The van der Waals surface area contributed by atoms with Gasteiger partial charge in [-0.3, -0.25) is 0 Å². The molecule has 0 spiro atoms. The van der Waals surface area contributed by atoms with Gasteiger partial charge in [-0.1, -0.05) is 163 Å². The Hall–Kier alpha value is -7.40. The maximum absolute atomic E-state index is 6.92. The van der Waals surface area contributed by atoms with Gasteiger partial charge in [0.2, 0.25) is 0 Å². The Morgan fingerprint density at radius 1 is 0.356 bits per heavy atom. The van der Waals surface area contributed by atoms with Gasteiger partial charge in [0.25, 0.3) is 0 Å². The minimum Gasteiger partial charge on any atom is -0.456 e. The van der Waals surface area contributed by atoms with Crippen molar-refractivity contribution in [2.75, 3.05) is 0 Å². The largest absolute Gasteiger partial charge is 0.456 e. The van der Waals surface area contributed by atoms with Crippen LogP contribution in [0.5, 0.6) is 0 Å². The quantitative estimate of drug-likeness (QED) is 0.122. The highest BCUT2D eigenvalue weighted by atomic mass is 28.3. The number of nitrogens with zero attached hydrogens (tertiary/aromatic N) is 2. The molecule has 0 aliphatic heterocycles. The average molecular weight is 771 g/mol. The van der Waals surface area contributed by atoms with Crippen LogP contribution in [0.4, 0.5) is 0 Å². The first kappa shape index (κ1) is 33.7. The van der Waals surface area contributed by atoms with E-state index in [1.165, 1.54) is 69.9 Å². The monoisotopic (exact) mass is 770 g/mol. The molecule has 3 nitrogen and oxygen atoms in total. The summed E-state index contributed by atoms with van der Waals surface area (Å²) in [6.07, 6.45) is 0. The third kappa shape index (κ3) is 4.94. The van der Waals surface area contributed by atoms with Crippen molar-refractivity contribution >= 4 is 94.4 Å². The predicted molar refractivity (Wildman–Crippen MR) is 251 cm³/mol. The highest BCUT2D eigenvalue weighted by Gasteiger charge is 2.44. The van der Waals surface area contributed by atoms with Crippen LogP contribution in [0.1, 0.15) is 5.56 Å². The van der Waals surface area contributed by atoms with Gasteiger partial charge in [-0.2, -0.15) is 0 Å². The molecule has 3 heterocycles. The summed E-state index contributed by atoms with van der Waals surface area (Å²) in [5, 5.41) is 12.4. The van der Waals surface area contributed by atoms with Crippen LogP contribution in [0.3, 0.4) is 0 Å². The molecule has 278 valence electrons. The van der Waals surface area contributed by atoms with Gasteiger partial charge in [-0.15, -0.1) is 0 Å². The second kappa shape index (κ2) is 13.1. The fraction of sp³-hybridized carbons (Fsp3) is 0.0182. The van der Waals surface area contributed by atoms with Crippen LogP contribution in [0.2, 0.25) is 0 Å². The van der Waals surface area contributed by atoms with Crippen molar-refractivity contribution < 1.29 is 4.42 Å². The second-order valence-corrected chi connectivity index (χ2v) is 19.5. The van der Waals surface area contributed by atoms with Crippen molar-refractivity contribution in [3.63, 3.8) is 0 Å². The second-order valence-electron chi connectivity index (χ2n) is 15.7. The summed E-state index contributed by atoms with van der Waals surface area (Å²) in [5.41, 5.74) is 10.2. The lowest BCUT2D eigenvalue weighted by Gasteiger charge is -2.34. The van der Waals surface area contributed by atoms with Gasteiger partial charge in [-0.25, -0.2) is 0 Å². The van der Waals surface area contributed by atoms with Crippen LogP contribution >= 0.6 is 0 Å². The van der Waals surface area contributed by atoms with Crippen molar-refractivity contribution in [1.29, 1.82) is 0 Å². The van der Waals surface area contributed by atoms with Crippen LogP contribution in [0, 0.1) is 6.92 Å². The standard InChI is InChI=1S/C55H38N2OSi/c1-37-29-32-41(33-30-37)59(40-16-3-2-4-17-40,54-28-14-23-47-46-22-8-12-27-53(46)58-55(47)54)42-18-13-15-38(35-42)56-51-26-11-7-21-45(51)48-36-39(31-34-52(48)56)57-49-24-9-5-19-43(49)44-20-6-10-25-50(44)57/h2-36H,1H3. The summed E-state index contributed by atoms with van der Waals surface area (Å²) in [6, 6.07) is 78.3. The SMILES string of the molecule is Cc1ccc([Si](c2ccccc2)(c2cccc(-n3c4ccccc4c4cc(-n5c6ccccc6c6ccccc65)ccc43)c2)c2cccc3c2oc2ccccc23)cc1. The molecule has 0 saturated carbocycles. The molecule has 4 heteroatoms. The van der Waals surface area contributed by atoms with Gasteiger partial charge in [0.15, 0.2) is 8.07 Å². The predicted octanol–water partition coefficient (Wildman–Crippen LogP) is 11.5. The number of hydrogen-bond acceptors (Lipinski definition) is 1. The van der Waals surface area contributed by atoms with E-state index in [0.29, 0.717) is 0 Å². The van der Waals surface area contributed by atoms with E-state index in [1.54, 1.807) is 0 Å². The zero-order chi connectivity index (χ0) is 39.1. The van der Waals surface area contributed by atoms with Crippen molar-refractivity contribution in [2.24, 2.45) is 0 Å². The molecule has 0 aliphatic carbocycles. The molecule has 1 atom stereocenters. The lowest BCUT2D eigenvalue weighted by atomic mass is 10.1. The van der Waals surface area contributed by atoms with Gasteiger partial charge in [0.1, 0.15) is 11.2 Å². The molecule has 9 aromatic carbocycles. The maximum Gasteiger partial charge on any atom is 0.184 e. The van der Waals surface area contributed by atoms with Crippen LogP contribution < -0.4 is 20.7 Å². The first-order valence-corrected chi connectivity index (χ1v) is 22.3. The molecule has 0 N–H and O–H groups in total. The molecule has 12 aromatic rings. The minimum absolute atomic E-state index is 0.911. The number of benzene rings is 9. The third-order valence-corrected chi connectivity index (χ3v) is 17.3. The van der Waals surface area contributed by atoms with E-state index in [0.717, 1.165) is 33.3 Å². The van der Waals surface area contributed by atoms with Crippen LogP contribution in [-0.2, 0) is 0 Å². The Labute approximate surface area is 342 Å². The number of para-hydroxylation sites is 5. The Morgan fingerprint density at radius 2 is 0.864 bits per heavy atom. The normalized spacial score (nSPS) is 13.0. The van der Waals surface area contributed by atoms with Crippen molar-refractivity contribution in [1.82, 2.24) is 9.13 Å². The van der Waals surface area contributed by atoms with Gasteiger partial charge in [0, 0.05) is 43.7 Å². The van der Waals surface area contributed by atoms with Crippen molar-refractivity contribution in [3.8, 4) is 11.4 Å². The summed E-state index contributed by atoms with van der Waals surface area (Å²) in [4.78, 5) is 0. The lowest BCUT2D eigenvalue weighted by molar-refractivity contribution is 0.671. The summed E-state index contributed by atoms with van der Waals surface area (Å²) < 4.78 is 11.8. The van der Waals surface area contributed by atoms with Gasteiger partial charge in [0.05, 0.1) is 22.1 Å². The number of hydrogen-bond donors (Lipinski definition) is 0. The van der Waals surface area contributed by atoms with E-state index in [2.05, 4.69) is 228 Å². The summed E-state index contributed by atoms with van der Waals surface area (Å²) in [6.45, 7) is 2.17. The number of aryl methyl sites for hydroxylation is 1. The van der Waals surface area contributed by atoms with E-state index >= 15 is 0 Å². The van der Waals surface area contributed by atoms with Crippen LogP contribution in [0.15, 0.2) is 217 Å². The molecule has 1 unspecified atom stereocenters. The van der Waals surface area contributed by atoms with E-state index in [-0.39, 0.29) is 0 Å². The molecule has 3 aromatic heterocycles. The van der Waals surface area contributed by atoms with E-state index < -0.39 is 8.07 Å². The smallest absolute Gasteiger partial charge is 0.184 e. The molecule has 59 heavy (non-hydrogen) atoms. The molecule has 0 amide bonds. The topological polar surface area (TPSA) is 23.0 Å². The van der Waals surface area contributed by atoms with Crippen LogP contribution in [-0.4, -0.2) is 17.2 Å². The van der Waals surface area contributed by atoms with E-state index in [4.69, 9.17) is 4.42 Å². The molecule has 0 radical (unpaired) electrons. The third-order valence-electron chi connectivity index (χ3n) is 12.5. The first-order valence-electron chi connectivity index (χ1n) is 20.3. The Balaban J connectivity index is 1.14. The zero-order valence-electron chi connectivity index (χ0n) is 32.5. The first-order chi connectivity index (χ1) is 29.2. The highest BCUT2D eigenvalue weighted by molar-refractivity contribution is 7.20. The molecule has 0 bridgehead atoms. The number of furan rings is 1. The van der Waals surface area contributed by atoms with Crippen LogP contribution in [0.25, 0.3) is 76.9 Å². The average Bonchev–Trinajstić information content (AvgIpc) is 3.96. The van der Waals surface area contributed by atoms with Crippen molar-refractivity contribution in [2.45, 2.75) is 6.92 Å². The highest BCUT2D eigenvalue weighted by Crippen LogP contribution is 2.37. The molecular weight excluding hydrogens is 733 g/mol. The number of rotatable bonds is 6. The molecule has 0 aliphatic rings. The Kier molecular flexibility index (Phi) is 7.47. The minimum atomic E-state index is -3.04. The van der Waals surface area contributed by atoms with Gasteiger partial charge >= 0.3 is 0 Å². The van der Waals surface area contributed by atoms with Crippen molar-refractivity contribution in [3.05, 3.63) is 218 Å². The maximum atomic E-state index is 6.92. The summed E-state index contributed by atoms with van der Waals surface area (Å²) in [7, 11) is -3.04. The molecule has 12 rings (SSSR count). The fourth-order valence-corrected chi connectivity index (χ4v) is 14.8. The zero-order valence-corrected chi connectivity index (χ0v) is 33.5. The molecule has 0 saturated heterocycles.